The Balaban J connectivity index is 1.97. The van der Waals surface area contributed by atoms with Crippen LogP contribution in [0.4, 0.5) is 5.69 Å². The van der Waals surface area contributed by atoms with Crippen molar-refractivity contribution in [3.8, 4) is 11.5 Å². The Hall–Kier alpha value is -3.32. The lowest BCUT2D eigenvalue weighted by Gasteiger charge is -2.16. The molecule has 1 N–H and O–H groups in total. The summed E-state index contributed by atoms with van der Waals surface area (Å²) in [5.74, 6) is 0.436. The Morgan fingerprint density at radius 2 is 1.64 bits per heavy atom. The van der Waals surface area contributed by atoms with Gasteiger partial charge in [0.05, 0.1) is 25.9 Å². The molecule has 0 atom stereocenters. The summed E-state index contributed by atoms with van der Waals surface area (Å²) in [5, 5.41) is 3.17. The predicted octanol–water partition coefficient (Wildman–Crippen LogP) is 4.33. The molecule has 1 heterocycles. The molecule has 0 unspecified atom stereocenters. The Bertz CT molecular complexity index is 1070. The van der Waals surface area contributed by atoms with E-state index in [-0.39, 0.29) is 30.2 Å². The molecule has 7 heteroatoms. The van der Waals surface area contributed by atoms with Crippen LogP contribution in [0, 0.1) is 13.8 Å². The summed E-state index contributed by atoms with van der Waals surface area (Å²) in [4.78, 5) is 28.0. The van der Waals surface area contributed by atoms with Crippen LogP contribution in [0.2, 0.25) is 0 Å². The molecule has 0 aromatic heterocycles. The van der Waals surface area contributed by atoms with Crippen molar-refractivity contribution >= 4 is 23.1 Å². The van der Waals surface area contributed by atoms with Gasteiger partial charge >= 0.3 is 0 Å². The van der Waals surface area contributed by atoms with E-state index in [2.05, 4.69) is 5.32 Å². The van der Waals surface area contributed by atoms with Crippen LogP contribution in [0.5, 0.6) is 11.5 Å². The van der Waals surface area contributed by atoms with Crippen LogP contribution in [0.25, 0.3) is 5.57 Å². The molecular formula is C26H32N2O5. The molecule has 0 spiro atoms. The van der Waals surface area contributed by atoms with E-state index >= 15 is 0 Å². The quantitative estimate of drug-likeness (QED) is 0.427. The Morgan fingerprint density at radius 3 is 2.27 bits per heavy atom. The molecule has 33 heavy (non-hydrogen) atoms. The largest absolute Gasteiger partial charge is 0.493 e. The van der Waals surface area contributed by atoms with E-state index in [0.29, 0.717) is 41.4 Å². The number of aryl methyl sites for hydroxylation is 2. The van der Waals surface area contributed by atoms with Gasteiger partial charge in [-0.2, -0.15) is 0 Å². The van der Waals surface area contributed by atoms with Gasteiger partial charge in [0.2, 0.25) is 0 Å². The van der Waals surface area contributed by atoms with Crippen LogP contribution < -0.4 is 14.8 Å². The van der Waals surface area contributed by atoms with E-state index < -0.39 is 0 Å². The first-order chi connectivity index (χ1) is 15.8. The number of hydrogen-bond acceptors (Lipinski definition) is 6. The van der Waals surface area contributed by atoms with Crippen LogP contribution in [-0.4, -0.2) is 50.2 Å². The second-order valence-electron chi connectivity index (χ2n) is 8.28. The van der Waals surface area contributed by atoms with Gasteiger partial charge in [-0.05, 0) is 62.9 Å². The van der Waals surface area contributed by atoms with Crippen molar-refractivity contribution in [2.45, 2.75) is 40.2 Å². The average Bonchev–Trinajstić information content (AvgIpc) is 3.02. The maximum absolute atomic E-state index is 13.4. The Kier molecular flexibility index (Phi) is 7.76. The highest BCUT2D eigenvalue weighted by Gasteiger charge is 2.39. The van der Waals surface area contributed by atoms with Gasteiger partial charge in [0.25, 0.3) is 11.8 Å². The van der Waals surface area contributed by atoms with E-state index in [9.17, 15) is 9.59 Å². The molecule has 0 bridgehead atoms. The molecule has 2 aromatic rings. The number of ether oxygens (including phenoxy) is 3. The lowest BCUT2D eigenvalue weighted by molar-refractivity contribution is -0.137. The topological polar surface area (TPSA) is 77.1 Å². The molecule has 176 valence electrons. The van der Waals surface area contributed by atoms with E-state index in [1.807, 2.05) is 45.9 Å². The first kappa shape index (κ1) is 24.3. The summed E-state index contributed by atoms with van der Waals surface area (Å²) in [6.45, 7) is 8.68. The smallest absolute Gasteiger partial charge is 0.278 e. The van der Waals surface area contributed by atoms with Gasteiger partial charge in [0.1, 0.15) is 5.70 Å². The zero-order valence-corrected chi connectivity index (χ0v) is 20.2. The summed E-state index contributed by atoms with van der Waals surface area (Å²) in [7, 11) is 3.11. The molecule has 3 rings (SSSR count). The number of rotatable bonds is 10. The summed E-state index contributed by atoms with van der Waals surface area (Å²) >= 11 is 0. The van der Waals surface area contributed by atoms with Crippen LogP contribution in [0.15, 0.2) is 42.1 Å². The third-order valence-electron chi connectivity index (χ3n) is 5.59. The number of hydrogen-bond donors (Lipinski definition) is 1. The number of carbonyl (C=O) groups is 2. The van der Waals surface area contributed by atoms with E-state index in [0.717, 1.165) is 11.1 Å². The highest BCUT2D eigenvalue weighted by molar-refractivity contribution is 6.36. The van der Waals surface area contributed by atoms with Crippen LogP contribution in [0.1, 0.15) is 37.0 Å². The maximum Gasteiger partial charge on any atom is 0.278 e. The number of nitrogens with one attached hydrogen (secondary N) is 1. The van der Waals surface area contributed by atoms with Gasteiger partial charge in [0, 0.05) is 24.9 Å². The maximum atomic E-state index is 13.4. The standard InChI is InChI=1S/C26H32N2O5/c1-16(2)33-13-7-12-28-25(29)23(19-9-8-17(3)18(4)14-19)24(26(28)30)27-20-10-11-21(31-5)22(15-20)32-6/h8-11,14-16,27H,7,12-13H2,1-6H3. The minimum atomic E-state index is -0.354. The van der Waals surface area contributed by atoms with E-state index in [4.69, 9.17) is 14.2 Å². The summed E-state index contributed by atoms with van der Waals surface area (Å²) in [6.07, 6.45) is 0.668. The number of imide groups is 1. The number of methoxy groups -OCH3 is 2. The second-order valence-corrected chi connectivity index (χ2v) is 8.28. The van der Waals surface area contributed by atoms with Crippen LogP contribution in [-0.2, 0) is 14.3 Å². The van der Waals surface area contributed by atoms with Crippen molar-refractivity contribution < 1.29 is 23.8 Å². The molecule has 0 radical (unpaired) electrons. The number of benzene rings is 2. The summed E-state index contributed by atoms with van der Waals surface area (Å²) in [6, 6.07) is 11.0. The Labute approximate surface area is 195 Å². The molecule has 0 saturated carbocycles. The normalized spacial score (nSPS) is 13.8. The minimum absolute atomic E-state index is 0.0986. The molecule has 2 aromatic carbocycles. The molecule has 0 fully saturated rings. The van der Waals surface area contributed by atoms with Crippen molar-refractivity contribution in [2.24, 2.45) is 0 Å². The first-order valence-corrected chi connectivity index (χ1v) is 11.1. The highest BCUT2D eigenvalue weighted by atomic mass is 16.5. The van der Waals surface area contributed by atoms with E-state index in [1.165, 1.54) is 4.90 Å². The fourth-order valence-corrected chi connectivity index (χ4v) is 3.66. The second kappa shape index (κ2) is 10.5. The van der Waals surface area contributed by atoms with Crippen molar-refractivity contribution in [1.29, 1.82) is 0 Å². The Morgan fingerprint density at radius 1 is 0.909 bits per heavy atom. The summed E-state index contributed by atoms with van der Waals surface area (Å²) < 4.78 is 16.3. The number of amides is 2. The average molecular weight is 453 g/mol. The van der Waals surface area contributed by atoms with E-state index in [1.54, 1.807) is 32.4 Å². The van der Waals surface area contributed by atoms with Gasteiger partial charge < -0.3 is 19.5 Å². The van der Waals surface area contributed by atoms with Crippen LogP contribution >= 0.6 is 0 Å². The van der Waals surface area contributed by atoms with Crippen LogP contribution in [0.3, 0.4) is 0 Å². The van der Waals surface area contributed by atoms with Crippen molar-refractivity contribution in [1.82, 2.24) is 4.90 Å². The number of nitrogens with zero attached hydrogens (tertiary/aromatic N) is 1. The molecule has 2 amide bonds. The fourth-order valence-electron chi connectivity index (χ4n) is 3.66. The molecular weight excluding hydrogens is 420 g/mol. The predicted molar refractivity (Wildman–Crippen MR) is 128 cm³/mol. The zero-order chi connectivity index (χ0) is 24.1. The van der Waals surface area contributed by atoms with Gasteiger partial charge in [-0.25, -0.2) is 0 Å². The third-order valence-corrected chi connectivity index (χ3v) is 5.59. The minimum Gasteiger partial charge on any atom is -0.493 e. The molecule has 0 aliphatic carbocycles. The molecule has 1 aliphatic rings. The number of carbonyl (C=O) groups excluding carboxylic acids is 2. The third kappa shape index (κ3) is 5.37. The SMILES string of the molecule is COc1ccc(NC2=C(c3ccc(C)c(C)c3)C(=O)N(CCCOC(C)C)C2=O)cc1OC. The van der Waals surface area contributed by atoms with Gasteiger partial charge in [0.15, 0.2) is 11.5 Å². The van der Waals surface area contributed by atoms with Crippen molar-refractivity contribution in [3.63, 3.8) is 0 Å². The van der Waals surface area contributed by atoms with Crippen molar-refractivity contribution in [3.05, 3.63) is 58.8 Å². The lowest BCUT2D eigenvalue weighted by atomic mass is 9.99. The van der Waals surface area contributed by atoms with Gasteiger partial charge in [-0.15, -0.1) is 0 Å². The molecule has 7 nitrogen and oxygen atoms in total. The van der Waals surface area contributed by atoms with Gasteiger partial charge in [-0.3, -0.25) is 14.5 Å². The fraction of sp³-hybridized carbons (Fsp3) is 0.385. The molecule has 0 saturated heterocycles. The highest BCUT2D eigenvalue weighted by Crippen LogP contribution is 2.34. The monoisotopic (exact) mass is 452 g/mol. The lowest BCUT2D eigenvalue weighted by Crippen LogP contribution is -2.34. The first-order valence-electron chi connectivity index (χ1n) is 11.1. The van der Waals surface area contributed by atoms with Crippen molar-refractivity contribution in [2.75, 3.05) is 32.7 Å². The summed E-state index contributed by atoms with van der Waals surface area (Å²) in [5.41, 5.74) is 4.11. The zero-order valence-electron chi connectivity index (χ0n) is 20.2. The molecule has 1 aliphatic heterocycles. The van der Waals surface area contributed by atoms with Gasteiger partial charge in [-0.1, -0.05) is 18.2 Å². The number of anilines is 1.